The fraction of sp³-hybridized carbons (Fsp3) is 0.0417. The molecule has 0 radical (unpaired) electrons. The highest BCUT2D eigenvalue weighted by Gasteiger charge is 2.12. The molecule has 0 unspecified atom stereocenters. The topological polar surface area (TPSA) is 131 Å². The number of benzene rings is 3. The second-order valence-electron chi connectivity index (χ2n) is 6.88. The molecule has 0 aliphatic heterocycles. The van der Waals surface area contributed by atoms with Crippen molar-refractivity contribution < 1.29 is 27.5 Å². The lowest BCUT2D eigenvalue weighted by molar-refractivity contribution is -0.125. The number of hydrogen-bond donors (Lipinski definition) is 3. The number of hydrazine groups is 1. The molecule has 3 N–H and O–H groups in total. The van der Waals surface area contributed by atoms with Gasteiger partial charge < -0.3 is 4.74 Å². The van der Waals surface area contributed by atoms with Crippen molar-refractivity contribution in [1.29, 1.82) is 0 Å². The number of carbonyl (C=O) groups is 3. The minimum atomic E-state index is -3.76. The van der Waals surface area contributed by atoms with Crippen LogP contribution in [-0.4, -0.2) is 32.8 Å². The highest BCUT2D eigenvalue weighted by molar-refractivity contribution is 7.95. The summed E-state index contributed by atoms with van der Waals surface area (Å²) in [5.74, 6) is -2.04. The first-order valence-electron chi connectivity index (χ1n) is 10.00. The lowest BCUT2D eigenvalue weighted by atomic mass is 10.2. The molecular weight excluding hydrogens is 458 g/mol. The van der Waals surface area contributed by atoms with Crippen LogP contribution in [0.15, 0.2) is 90.3 Å². The van der Waals surface area contributed by atoms with Gasteiger partial charge in [0.1, 0.15) is 0 Å². The van der Waals surface area contributed by atoms with Gasteiger partial charge in [0.05, 0.1) is 11.0 Å². The Bertz CT molecular complexity index is 1280. The SMILES string of the molecule is O=C(COC(=O)c1ccc(NS(=O)(=O)/C=C/c2ccccc2)cc1)NNC(=O)c1ccccc1. The fourth-order valence-corrected chi connectivity index (χ4v) is 3.51. The first kappa shape index (κ1) is 24.2. The number of anilines is 1. The van der Waals surface area contributed by atoms with Gasteiger partial charge in [0.15, 0.2) is 6.61 Å². The molecule has 174 valence electrons. The van der Waals surface area contributed by atoms with Gasteiger partial charge in [-0.05, 0) is 48.0 Å². The lowest BCUT2D eigenvalue weighted by Crippen LogP contribution is -2.43. The van der Waals surface area contributed by atoms with E-state index in [-0.39, 0.29) is 11.3 Å². The van der Waals surface area contributed by atoms with Crippen molar-refractivity contribution in [3.63, 3.8) is 0 Å². The van der Waals surface area contributed by atoms with Crippen LogP contribution in [0, 0.1) is 0 Å². The minimum Gasteiger partial charge on any atom is -0.452 e. The zero-order valence-electron chi connectivity index (χ0n) is 17.8. The van der Waals surface area contributed by atoms with Crippen LogP contribution < -0.4 is 15.6 Å². The maximum absolute atomic E-state index is 12.2. The maximum atomic E-state index is 12.2. The number of rotatable bonds is 8. The monoisotopic (exact) mass is 479 g/mol. The van der Waals surface area contributed by atoms with Gasteiger partial charge in [-0.1, -0.05) is 48.5 Å². The number of ether oxygens (including phenoxy) is 1. The Balaban J connectivity index is 1.46. The third kappa shape index (κ3) is 7.61. The number of hydrogen-bond acceptors (Lipinski definition) is 6. The van der Waals surface area contributed by atoms with Gasteiger partial charge in [0.2, 0.25) is 0 Å². The first-order chi connectivity index (χ1) is 16.3. The molecule has 2 amide bonds. The summed E-state index contributed by atoms with van der Waals surface area (Å²) in [5.41, 5.74) is 5.80. The van der Waals surface area contributed by atoms with Gasteiger partial charge >= 0.3 is 5.97 Å². The van der Waals surface area contributed by atoms with Crippen LogP contribution in [0.2, 0.25) is 0 Å². The van der Waals surface area contributed by atoms with Crippen molar-refractivity contribution in [3.8, 4) is 0 Å². The van der Waals surface area contributed by atoms with Crippen molar-refractivity contribution in [3.05, 3.63) is 107 Å². The molecule has 0 spiro atoms. The summed E-state index contributed by atoms with van der Waals surface area (Å²) < 4.78 is 31.7. The van der Waals surface area contributed by atoms with Crippen molar-refractivity contribution >= 4 is 39.6 Å². The van der Waals surface area contributed by atoms with Gasteiger partial charge in [-0.15, -0.1) is 0 Å². The van der Waals surface area contributed by atoms with E-state index in [4.69, 9.17) is 4.74 Å². The van der Waals surface area contributed by atoms with Crippen molar-refractivity contribution in [2.24, 2.45) is 0 Å². The van der Waals surface area contributed by atoms with Crippen LogP contribution >= 0.6 is 0 Å². The molecule has 0 bridgehead atoms. The summed E-state index contributed by atoms with van der Waals surface area (Å²) in [4.78, 5) is 35.8. The Morgan fingerprint density at radius 3 is 2.03 bits per heavy atom. The molecule has 10 heteroatoms. The van der Waals surface area contributed by atoms with Crippen LogP contribution in [0.25, 0.3) is 6.08 Å². The predicted molar refractivity (Wildman–Crippen MR) is 127 cm³/mol. The summed E-state index contributed by atoms with van der Waals surface area (Å²) >= 11 is 0. The number of sulfonamides is 1. The number of nitrogens with one attached hydrogen (secondary N) is 3. The molecule has 0 saturated heterocycles. The average Bonchev–Trinajstić information content (AvgIpc) is 2.86. The van der Waals surface area contributed by atoms with Crippen LogP contribution in [0.1, 0.15) is 26.3 Å². The van der Waals surface area contributed by atoms with E-state index in [9.17, 15) is 22.8 Å². The quantitative estimate of drug-likeness (QED) is 0.336. The van der Waals surface area contributed by atoms with Gasteiger partial charge in [-0.2, -0.15) is 0 Å². The van der Waals surface area contributed by atoms with Crippen LogP contribution in [0.3, 0.4) is 0 Å². The van der Waals surface area contributed by atoms with E-state index < -0.39 is 34.4 Å². The van der Waals surface area contributed by atoms with Crippen LogP contribution in [0.4, 0.5) is 5.69 Å². The zero-order chi connectivity index (χ0) is 24.4. The van der Waals surface area contributed by atoms with E-state index in [1.807, 2.05) is 6.07 Å². The van der Waals surface area contributed by atoms with Crippen LogP contribution in [0.5, 0.6) is 0 Å². The molecule has 0 atom stereocenters. The lowest BCUT2D eigenvalue weighted by Gasteiger charge is -2.09. The third-order valence-electron chi connectivity index (χ3n) is 4.31. The molecule has 3 aromatic carbocycles. The fourth-order valence-electron chi connectivity index (χ4n) is 2.64. The molecule has 3 aromatic rings. The van der Waals surface area contributed by atoms with Crippen molar-refractivity contribution in [1.82, 2.24) is 10.9 Å². The summed E-state index contributed by atoms with van der Waals surface area (Å²) in [6, 6.07) is 22.7. The summed E-state index contributed by atoms with van der Waals surface area (Å²) in [7, 11) is -3.76. The minimum absolute atomic E-state index is 0.115. The van der Waals surface area contributed by atoms with Gasteiger partial charge in [0.25, 0.3) is 21.8 Å². The molecular formula is C24H21N3O6S. The van der Waals surface area contributed by atoms with Crippen molar-refractivity contribution in [2.45, 2.75) is 0 Å². The zero-order valence-corrected chi connectivity index (χ0v) is 18.6. The highest BCUT2D eigenvalue weighted by atomic mass is 32.2. The van der Waals surface area contributed by atoms with E-state index in [1.165, 1.54) is 30.3 Å². The molecule has 0 saturated carbocycles. The molecule has 0 fully saturated rings. The van der Waals surface area contributed by atoms with Gasteiger partial charge in [-0.25, -0.2) is 13.2 Å². The number of esters is 1. The summed E-state index contributed by atoms with van der Waals surface area (Å²) in [6.07, 6.45) is 1.46. The summed E-state index contributed by atoms with van der Waals surface area (Å²) in [6.45, 7) is -0.618. The highest BCUT2D eigenvalue weighted by Crippen LogP contribution is 2.13. The molecule has 3 rings (SSSR count). The molecule has 0 aromatic heterocycles. The number of carbonyl (C=O) groups excluding carboxylic acids is 3. The van der Waals surface area contributed by atoms with E-state index in [0.717, 1.165) is 11.0 Å². The molecule has 0 aliphatic carbocycles. The van der Waals surface area contributed by atoms with Crippen molar-refractivity contribution in [2.75, 3.05) is 11.3 Å². The Hall–Kier alpha value is -4.44. The normalized spacial score (nSPS) is 10.9. The Labute approximate surface area is 196 Å². The second kappa shape index (κ2) is 11.4. The van der Waals surface area contributed by atoms with E-state index >= 15 is 0 Å². The first-order valence-corrected chi connectivity index (χ1v) is 11.5. The summed E-state index contributed by atoms with van der Waals surface area (Å²) in [5, 5.41) is 1.04. The Kier molecular flexibility index (Phi) is 8.14. The Morgan fingerprint density at radius 2 is 1.38 bits per heavy atom. The van der Waals surface area contributed by atoms with E-state index in [2.05, 4.69) is 15.6 Å². The van der Waals surface area contributed by atoms with E-state index in [0.29, 0.717) is 5.56 Å². The largest absolute Gasteiger partial charge is 0.452 e. The molecule has 34 heavy (non-hydrogen) atoms. The van der Waals surface area contributed by atoms with E-state index in [1.54, 1.807) is 54.6 Å². The predicted octanol–water partition coefficient (Wildman–Crippen LogP) is 2.72. The average molecular weight is 480 g/mol. The standard InChI is InChI=1S/C24H21N3O6S/c28-22(25-26-23(29)19-9-5-2-6-10-19)17-33-24(30)20-11-13-21(14-12-20)27-34(31,32)16-15-18-7-3-1-4-8-18/h1-16,27H,17H2,(H,25,28)(H,26,29)/b16-15+. The smallest absolute Gasteiger partial charge is 0.338 e. The Morgan fingerprint density at radius 1 is 0.765 bits per heavy atom. The third-order valence-corrected chi connectivity index (χ3v) is 5.32. The molecule has 0 heterocycles. The van der Waals surface area contributed by atoms with Gasteiger partial charge in [-0.3, -0.25) is 25.2 Å². The second-order valence-corrected chi connectivity index (χ2v) is 8.45. The molecule has 9 nitrogen and oxygen atoms in total. The van der Waals surface area contributed by atoms with Crippen LogP contribution in [-0.2, 0) is 19.6 Å². The van der Waals surface area contributed by atoms with Gasteiger partial charge in [0, 0.05) is 11.3 Å². The molecule has 0 aliphatic rings. The number of amides is 2. The maximum Gasteiger partial charge on any atom is 0.338 e.